The highest BCUT2D eigenvalue weighted by Crippen LogP contribution is 2.20. The molecule has 0 aliphatic heterocycles. The van der Waals surface area contributed by atoms with Crippen molar-refractivity contribution >= 4 is 17.2 Å². The monoisotopic (exact) mass is 318 g/mol. The van der Waals surface area contributed by atoms with E-state index < -0.39 is 0 Å². The van der Waals surface area contributed by atoms with Gasteiger partial charge >= 0.3 is 0 Å². The number of thiophene rings is 1. The molecule has 1 amide bonds. The maximum absolute atomic E-state index is 12.3. The van der Waals surface area contributed by atoms with Gasteiger partial charge in [-0.3, -0.25) is 4.79 Å². The van der Waals surface area contributed by atoms with Crippen molar-refractivity contribution in [1.29, 1.82) is 0 Å². The first-order valence-corrected chi connectivity index (χ1v) is 8.10. The third-order valence-corrected chi connectivity index (χ3v) is 4.21. The van der Waals surface area contributed by atoms with Gasteiger partial charge in [-0.25, -0.2) is 0 Å². The third-order valence-electron chi connectivity index (χ3n) is 3.51. The van der Waals surface area contributed by atoms with E-state index in [9.17, 15) is 4.79 Å². The molecule has 118 valence electrons. The Hall–Kier alpha value is -1.69. The van der Waals surface area contributed by atoms with Gasteiger partial charge in [0.25, 0.3) is 5.91 Å². The summed E-state index contributed by atoms with van der Waals surface area (Å²) in [6.07, 6.45) is 0. The molecular formula is C17H22N2O2S. The highest BCUT2D eigenvalue weighted by atomic mass is 32.1. The molecule has 0 unspecified atom stereocenters. The van der Waals surface area contributed by atoms with Gasteiger partial charge in [0.1, 0.15) is 0 Å². The zero-order valence-corrected chi connectivity index (χ0v) is 14.0. The number of hydrogen-bond acceptors (Lipinski definition) is 4. The van der Waals surface area contributed by atoms with Gasteiger partial charge in [0.05, 0.1) is 12.6 Å². The molecule has 0 bridgehead atoms. The Bertz CT molecular complexity index is 596. The Morgan fingerprint density at radius 2 is 2.18 bits per heavy atom. The van der Waals surface area contributed by atoms with Gasteiger partial charge in [-0.1, -0.05) is 12.1 Å². The van der Waals surface area contributed by atoms with Crippen LogP contribution in [0.25, 0.3) is 0 Å². The Morgan fingerprint density at radius 1 is 1.36 bits per heavy atom. The second-order valence-corrected chi connectivity index (χ2v) is 6.16. The minimum Gasteiger partial charge on any atom is -0.380 e. The standard InChI is InChI=1S/C17H22N2O2S/c1-19(2)16(15-7-8-22-12-15)10-18-17(20)14-6-4-5-13(9-14)11-21-3/h4-9,12,16H,10-11H2,1-3H3,(H,18,20)/t16-/m1/s1. The summed E-state index contributed by atoms with van der Waals surface area (Å²) in [7, 11) is 5.69. The Balaban J connectivity index is 2.00. The molecule has 22 heavy (non-hydrogen) atoms. The van der Waals surface area contributed by atoms with Gasteiger partial charge in [-0.2, -0.15) is 11.3 Å². The molecule has 1 heterocycles. The van der Waals surface area contributed by atoms with Gasteiger partial charge in [-0.05, 0) is 54.2 Å². The lowest BCUT2D eigenvalue weighted by Crippen LogP contribution is -2.34. The molecular weight excluding hydrogens is 296 g/mol. The van der Waals surface area contributed by atoms with Crippen LogP contribution >= 0.6 is 11.3 Å². The van der Waals surface area contributed by atoms with E-state index in [-0.39, 0.29) is 11.9 Å². The maximum atomic E-state index is 12.3. The largest absolute Gasteiger partial charge is 0.380 e. The summed E-state index contributed by atoms with van der Waals surface area (Å²) in [4.78, 5) is 14.4. The molecule has 0 saturated carbocycles. The van der Waals surface area contributed by atoms with Gasteiger partial charge in [0.2, 0.25) is 0 Å². The number of carbonyl (C=O) groups excluding carboxylic acids is 1. The molecule has 1 atom stereocenters. The van der Waals surface area contributed by atoms with Gasteiger partial charge in [0.15, 0.2) is 0 Å². The molecule has 0 fully saturated rings. The summed E-state index contributed by atoms with van der Waals surface area (Å²) in [6, 6.07) is 9.80. The summed E-state index contributed by atoms with van der Waals surface area (Å²) in [5.41, 5.74) is 2.89. The molecule has 2 rings (SSSR count). The van der Waals surface area contributed by atoms with Crippen LogP contribution < -0.4 is 5.32 Å². The normalized spacial score (nSPS) is 12.4. The Kier molecular flexibility index (Phi) is 6.12. The fourth-order valence-corrected chi connectivity index (χ4v) is 3.03. The van der Waals surface area contributed by atoms with Gasteiger partial charge in [-0.15, -0.1) is 0 Å². The van der Waals surface area contributed by atoms with Crippen LogP contribution in [0.4, 0.5) is 0 Å². The highest BCUT2D eigenvalue weighted by Gasteiger charge is 2.16. The average Bonchev–Trinajstić information content (AvgIpc) is 3.01. The van der Waals surface area contributed by atoms with Gasteiger partial charge < -0.3 is 15.0 Å². The van der Waals surface area contributed by atoms with Crippen LogP contribution in [0, 0.1) is 0 Å². The molecule has 0 aliphatic rings. The number of nitrogens with one attached hydrogen (secondary N) is 1. The Labute approximate surface area is 135 Å². The number of carbonyl (C=O) groups is 1. The van der Waals surface area contributed by atoms with Crippen molar-refractivity contribution < 1.29 is 9.53 Å². The number of hydrogen-bond donors (Lipinski definition) is 1. The van der Waals surface area contributed by atoms with Crippen LogP contribution in [0.15, 0.2) is 41.1 Å². The number of methoxy groups -OCH3 is 1. The average molecular weight is 318 g/mol. The van der Waals surface area contributed by atoms with E-state index in [0.717, 1.165) is 5.56 Å². The summed E-state index contributed by atoms with van der Waals surface area (Å²) in [5, 5.41) is 7.20. The van der Waals surface area contributed by atoms with Crippen molar-refractivity contribution in [2.24, 2.45) is 0 Å². The first-order valence-electron chi connectivity index (χ1n) is 7.16. The van der Waals surface area contributed by atoms with Crippen LogP contribution in [0.2, 0.25) is 0 Å². The van der Waals surface area contributed by atoms with Crippen LogP contribution in [0.5, 0.6) is 0 Å². The number of benzene rings is 1. The summed E-state index contributed by atoms with van der Waals surface area (Å²) < 4.78 is 5.10. The molecule has 0 radical (unpaired) electrons. The second-order valence-electron chi connectivity index (χ2n) is 5.38. The van der Waals surface area contributed by atoms with Gasteiger partial charge in [0, 0.05) is 19.2 Å². The molecule has 1 aromatic heterocycles. The first kappa shape index (κ1) is 16.7. The number of likely N-dealkylation sites (N-methyl/N-ethyl adjacent to an activating group) is 1. The molecule has 4 nitrogen and oxygen atoms in total. The lowest BCUT2D eigenvalue weighted by Gasteiger charge is -2.24. The predicted octanol–water partition coefficient (Wildman–Crippen LogP) is 2.93. The molecule has 1 aromatic carbocycles. The van der Waals surface area contributed by atoms with E-state index in [0.29, 0.717) is 18.7 Å². The number of ether oxygens (including phenoxy) is 1. The Morgan fingerprint density at radius 3 is 2.82 bits per heavy atom. The zero-order valence-electron chi connectivity index (χ0n) is 13.2. The van der Waals surface area contributed by atoms with Crippen molar-refractivity contribution in [2.75, 3.05) is 27.7 Å². The SMILES string of the molecule is COCc1cccc(C(=O)NC[C@H](c2ccsc2)N(C)C)c1. The summed E-state index contributed by atoms with van der Waals surface area (Å²) in [6.45, 7) is 1.09. The summed E-state index contributed by atoms with van der Waals surface area (Å²) >= 11 is 1.67. The van der Waals surface area contributed by atoms with Crippen molar-refractivity contribution in [3.8, 4) is 0 Å². The van der Waals surface area contributed by atoms with Crippen molar-refractivity contribution in [1.82, 2.24) is 10.2 Å². The van der Waals surface area contributed by atoms with Crippen molar-refractivity contribution in [3.63, 3.8) is 0 Å². The molecule has 0 spiro atoms. The molecule has 0 saturated heterocycles. The van der Waals surface area contributed by atoms with Crippen LogP contribution in [-0.2, 0) is 11.3 Å². The van der Waals surface area contributed by atoms with E-state index in [1.165, 1.54) is 5.56 Å². The molecule has 0 aliphatic carbocycles. The highest BCUT2D eigenvalue weighted by molar-refractivity contribution is 7.07. The predicted molar refractivity (Wildman–Crippen MR) is 90.2 cm³/mol. The second kappa shape index (κ2) is 8.08. The lowest BCUT2D eigenvalue weighted by atomic mass is 10.1. The summed E-state index contributed by atoms with van der Waals surface area (Å²) in [5.74, 6) is -0.0555. The topological polar surface area (TPSA) is 41.6 Å². The smallest absolute Gasteiger partial charge is 0.251 e. The quantitative estimate of drug-likeness (QED) is 0.853. The molecule has 1 N–H and O–H groups in total. The minimum absolute atomic E-state index is 0.0555. The maximum Gasteiger partial charge on any atom is 0.251 e. The van der Waals surface area contributed by atoms with E-state index in [1.807, 2.05) is 38.4 Å². The number of amides is 1. The third kappa shape index (κ3) is 4.40. The van der Waals surface area contributed by atoms with Crippen LogP contribution in [0.1, 0.15) is 27.5 Å². The van der Waals surface area contributed by atoms with E-state index in [2.05, 4.69) is 27.0 Å². The lowest BCUT2D eigenvalue weighted by molar-refractivity contribution is 0.0941. The minimum atomic E-state index is -0.0555. The van der Waals surface area contributed by atoms with Crippen molar-refractivity contribution in [2.45, 2.75) is 12.6 Å². The number of rotatable bonds is 7. The van der Waals surface area contributed by atoms with E-state index in [4.69, 9.17) is 4.74 Å². The fourth-order valence-electron chi connectivity index (χ4n) is 2.32. The fraction of sp³-hybridized carbons (Fsp3) is 0.353. The van der Waals surface area contributed by atoms with Crippen LogP contribution in [0.3, 0.4) is 0 Å². The van der Waals surface area contributed by atoms with Crippen LogP contribution in [-0.4, -0.2) is 38.6 Å². The van der Waals surface area contributed by atoms with Crippen molar-refractivity contribution in [3.05, 3.63) is 57.8 Å². The van der Waals surface area contributed by atoms with E-state index in [1.54, 1.807) is 18.4 Å². The zero-order chi connectivity index (χ0) is 15.9. The first-order chi connectivity index (χ1) is 10.6. The molecule has 2 aromatic rings. The molecule has 5 heteroatoms. The van der Waals surface area contributed by atoms with E-state index >= 15 is 0 Å². The number of nitrogens with zero attached hydrogens (tertiary/aromatic N) is 1.